The van der Waals surface area contributed by atoms with E-state index >= 15 is 0 Å². The molecule has 1 radical (unpaired) electrons. The van der Waals surface area contributed by atoms with E-state index in [0.29, 0.717) is 6.61 Å². The summed E-state index contributed by atoms with van der Waals surface area (Å²) in [6.07, 6.45) is 0.659. The summed E-state index contributed by atoms with van der Waals surface area (Å²) in [6.45, 7) is 2.64. The maximum Gasteiger partial charge on any atom is 0.161 e. The normalized spacial score (nSPS) is 12.8. The van der Waals surface area contributed by atoms with Gasteiger partial charge in [0.15, 0.2) is 6.29 Å². The van der Waals surface area contributed by atoms with Gasteiger partial charge in [-0.2, -0.15) is 0 Å². The smallest absolute Gasteiger partial charge is 0.161 e. The SMILES string of the molecule is CCOC(Cc1cc[c]cc1)OC. The molecule has 2 heteroatoms. The molecule has 0 heterocycles. The highest BCUT2D eigenvalue weighted by atomic mass is 16.7. The highest BCUT2D eigenvalue weighted by Crippen LogP contribution is 2.05. The molecular formula is C11H15O2. The molecule has 0 N–H and O–H groups in total. The highest BCUT2D eigenvalue weighted by molar-refractivity contribution is 5.14. The van der Waals surface area contributed by atoms with Crippen LogP contribution in [0.4, 0.5) is 0 Å². The number of hydrogen-bond donors (Lipinski definition) is 0. The molecule has 0 spiro atoms. The van der Waals surface area contributed by atoms with Gasteiger partial charge < -0.3 is 9.47 Å². The van der Waals surface area contributed by atoms with E-state index in [2.05, 4.69) is 6.07 Å². The molecule has 0 aliphatic heterocycles. The van der Waals surface area contributed by atoms with E-state index in [1.807, 2.05) is 31.2 Å². The molecule has 0 aliphatic rings. The van der Waals surface area contributed by atoms with E-state index in [0.717, 1.165) is 6.42 Å². The first-order valence-corrected chi connectivity index (χ1v) is 4.46. The zero-order chi connectivity index (χ0) is 9.52. The molecular weight excluding hydrogens is 164 g/mol. The van der Waals surface area contributed by atoms with Crippen molar-refractivity contribution in [3.63, 3.8) is 0 Å². The van der Waals surface area contributed by atoms with Crippen molar-refractivity contribution < 1.29 is 9.47 Å². The molecule has 1 aromatic carbocycles. The zero-order valence-corrected chi connectivity index (χ0v) is 8.12. The van der Waals surface area contributed by atoms with Crippen molar-refractivity contribution in [2.24, 2.45) is 0 Å². The Morgan fingerprint density at radius 1 is 1.38 bits per heavy atom. The second-order valence-corrected chi connectivity index (χ2v) is 2.73. The van der Waals surface area contributed by atoms with Gasteiger partial charge in [-0.05, 0) is 18.6 Å². The second kappa shape index (κ2) is 5.73. The third-order valence-corrected chi connectivity index (χ3v) is 1.81. The molecule has 0 saturated heterocycles. The van der Waals surface area contributed by atoms with Gasteiger partial charge in [0.25, 0.3) is 0 Å². The minimum atomic E-state index is -0.132. The van der Waals surface area contributed by atoms with Gasteiger partial charge in [-0.3, -0.25) is 0 Å². The lowest BCUT2D eigenvalue weighted by Crippen LogP contribution is -2.18. The van der Waals surface area contributed by atoms with E-state index in [4.69, 9.17) is 9.47 Å². The Balaban J connectivity index is 2.46. The lowest BCUT2D eigenvalue weighted by Gasteiger charge is -2.14. The molecule has 1 atom stereocenters. The van der Waals surface area contributed by atoms with Crippen molar-refractivity contribution in [3.05, 3.63) is 35.9 Å². The number of ether oxygens (including phenoxy) is 2. The molecule has 0 aromatic heterocycles. The van der Waals surface area contributed by atoms with E-state index in [-0.39, 0.29) is 6.29 Å². The molecule has 0 aliphatic carbocycles. The lowest BCUT2D eigenvalue weighted by molar-refractivity contribution is -0.118. The summed E-state index contributed by atoms with van der Waals surface area (Å²) >= 11 is 0. The van der Waals surface area contributed by atoms with Gasteiger partial charge >= 0.3 is 0 Å². The van der Waals surface area contributed by atoms with Crippen molar-refractivity contribution in [2.75, 3.05) is 13.7 Å². The first-order valence-electron chi connectivity index (χ1n) is 4.46. The van der Waals surface area contributed by atoms with Gasteiger partial charge in [0.05, 0.1) is 0 Å². The summed E-state index contributed by atoms with van der Waals surface area (Å²) in [5.74, 6) is 0. The Kier molecular flexibility index (Phi) is 4.50. The quantitative estimate of drug-likeness (QED) is 0.644. The van der Waals surface area contributed by atoms with Gasteiger partial charge in [-0.25, -0.2) is 0 Å². The molecule has 13 heavy (non-hydrogen) atoms. The monoisotopic (exact) mass is 179 g/mol. The van der Waals surface area contributed by atoms with Crippen LogP contribution in [0.25, 0.3) is 0 Å². The second-order valence-electron chi connectivity index (χ2n) is 2.73. The maximum absolute atomic E-state index is 5.36. The third kappa shape index (κ3) is 3.57. The molecule has 1 rings (SSSR count). The fraction of sp³-hybridized carbons (Fsp3) is 0.455. The van der Waals surface area contributed by atoms with Crippen molar-refractivity contribution in [3.8, 4) is 0 Å². The van der Waals surface area contributed by atoms with Crippen molar-refractivity contribution in [1.29, 1.82) is 0 Å². The molecule has 2 nitrogen and oxygen atoms in total. The fourth-order valence-electron chi connectivity index (χ4n) is 1.15. The van der Waals surface area contributed by atoms with E-state index in [1.54, 1.807) is 7.11 Å². The fourth-order valence-corrected chi connectivity index (χ4v) is 1.15. The van der Waals surface area contributed by atoms with Crippen LogP contribution in [0.5, 0.6) is 0 Å². The average molecular weight is 179 g/mol. The number of rotatable bonds is 5. The van der Waals surface area contributed by atoms with Gasteiger partial charge in [-0.1, -0.05) is 24.3 Å². The molecule has 1 unspecified atom stereocenters. The minimum absolute atomic E-state index is 0.132. The number of benzene rings is 1. The summed E-state index contributed by atoms with van der Waals surface area (Å²) in [5, 5.41) is 0. The van der Waals surface area contributed by atoms with E-state index in [9.17, 15) is 0 Å². The van der Waals surface area contributed by atoms with Crippen LogP contribution < -0.4 is 0 Å². The number of methoxy groups -OCH3 is 1. The minimum Gasteiger partial charge on any atom is -0.356 e. The summed E-state index contributed by atoms with van der Waals surface area (Å²) in [5.41, 5.74) is 1.21. The van der Waals surface area contributed by atoms with Crippen molar-refractivity contribution in [1.82, 2.24) is 0 Å². The summed E-state index contributed by atoms with van der Waals surface area (Å²) < 4.78 is 10.5. The Morgan fingerprint density at radius 2 is 2.08 bits per heavy atom. The van der Waals surface area contributed by atoms with Crippen LogP contribution in [0.2, 0.25) is 0 Å². The maximum atomic E-state index is 5.36. The van der Waals surface area contributed by atoms with Crippen LogP contribution in [-0.2, 0) is 15.9 Å². The summed E-state index contributed by atoms with van der Waals surface area (Å²) in [6, 6.07) is 10.8. The van der Waals surface area contributed by atoms with Crippen LogP contribution in [0.1, 0.15) is 12.5 Å². The molecule has 71 valence electrons. The van der Waals surface area contributed by atoms with Gasteiger partial charge in [0.2, 0.25) is 0 Å². The molecule has 0 amide bonds. The zero-order valence-electron chi connectivity index (χ0n) is 8.12. The van der Waals surface area contributed by atoms with Crippen LogP contribution >= 0.6 is 0 Å². The summed E-state index contributed by atoms with van der Waals surface area (Å²) in [4.78, 5) is 0. The summed E-state index contributed by atoms with van der Waals surface area (Å²) in [7, 11) is 1.66. The Labute approximate surface area is 79.5 Å². The predicted molar refractivity (Wildman–Crippen MR) is 51.4 cm³/mol. The van der Waals surface area contributed by atoms with Crippen LogP contribution in [0.3, 0.4) is 0 Å². The lowest BCUT2D eigenvalue weighted by atomic mass is 10.1. The first-order chi connectivity index (χ1) is 6.36. The Bertz CT molecular complexity index is 221. The molecule has 0 saturated carbocycles. The Morgan fingerprint density at radius 3 is 2.62 bits per heavy atom. The van der Waals surface area contributed by atoms with Crippen LogP contribution in [0, 0.1) is 6.07 Å². The third-order valence-electron chi connectivity index (χ3n) is 1.81. The first kappa shape index (κ1) is 10.2. The number of hydrogen-bond acceptors (Lipinski definition) is 2. The molecule has 0 bridgehead atoms. The largest absolute Gasteiger partial charge is 0.356 e. The van der Waals surface area contributed by atoms with Gasteiger partial charge in [-0.15, -0.1) is 0 Å². The topological polar surface area (TPSA) is 18.5 Å². The van der Waals surface area contributed by atoms with E-state index < -0.39 is 0 Å². The van der Waals surface area contributed by atoms with Crippen LogP contribution in [-0.4, -0.2) is 20.0 Å². The van der Waals surface area contributed by atoms with Gasteiger partial charge in [0, 0.05) is 20.1 Å². The van der Waals surface area contributed by atoms with Gasteiger partial charge in [0.1, 0.15) is 0 Å². The molecule has 0 fully saturated rings. The molecule has 1 aromatic rings. The van der Waals surface area contributed by atoms with Crippen molar-refractivity contribution >= 4 is 0 Å². The standard InChI is InChI=1S/C11H15O2/c1-3-13-11(12-2)9-10-7-5-4-6-8-10/h5-8,11H,3,9H2,1-2H3. The highest BCUT2D eigenvalue weighted by Gasteiger charge is 2.06. The predicted octanol–water partition coefficient (Wildman–Crippen LogP) is 2.04. The van der Waals surface area contributed by atoms with Crippen molar-refractivity contribution in [2.45, 2.75) is 19.6 Å². The Hall–Kier alpha value is -0.860. The van der Waals surface area contributed by atoms with E-state index in [1.165, 1.54) is 5.56 Å². The van der Waals surface area contributed by atoms with Crippen LogP contribution in [0.15, 0.2) is 24.3 Å². The average Bonchev–Trinajstić information content (AvgIpc) is 2.19.